The molecule has 2 N–H and O–H groups in total. The Hall–Kier alpha value is -2.62. The summed E-state index contributed by atoms with van der Waals surface area (Å²) >= 11 is 0. The van der Waals surface area contributed by atoms with Crippen molar-refractivity contribution in [2.75, 3.05) is 5.32 Å². The van der Waals surface area contributed by atoms with Crippen molar-refractivity contribution in [1.29, 1.82) is 0 Å². The van der Waals surface area contributed by atoms with Crippen molar-refractivity contribution in [1.82, 2.24) is 4.98 Å². The predicted octanol–water partition coefficient (Wildman–Crippen LogP) is 3.56. The first-order valence-electron chi connectivity index (χ1n) is 5.86. The Morgan fingerprint density at radius 1 is 1.05 bits per heavy atom. The first-order valence-corrected chi connectivity index (χ1v) is 5.86. The first-order chi connectivity index (χ1) is 9.22. The third kappa shape index (κ3) is 2.33. The summed E-state index contributed by atoms with van der Waals surface area (Å²) < 4.78 is 12.8. The molecule has 1 heterocycles. The Labute approximate surface area is 109 Å². The van der Waals surface area contributed by atoms with E-state index in [1.54, 1.807) is 6.07 Å². The van der Waals surface area contributed by atoms with Crippen LogP contribution in [0.1, 0.15) is 10.4 Å². The molecule has 0 radical (unpaired) electrons. The Balaban J connectivity index is 1.84. The van der Waals surface area contributed by atoms with Gasteiger partial charge in [-0.05, 0) is 48.5 Å². The molecule has 0 aliphatic carbocycles. The van der Waals surface area contributed by atoms with E-state index < -0.39 is 0 Å². The average molecular weight is 254 g/mol. The molecule has 19 heavy (non-hydrogen) atoms. The number of aromatic nitrogens is 1. The molecule has 0 aliphatic heterocycles. The van der Waals surface area contributed by atoms with Crippen LogP contribution in [0.5, 0.6) is 0 Å². The number of amides is 1. The van der Waals surface area contributed by atoms with E-state index in [9.17, 15) is 9.18 Å². The van der Waals surface area contributed by atoms with Gasteiger partial charge in [0.05, 0.1) is 0 Å². The monoisotopic (exact) mass is 254 g/mol. The zero-order valence-corrected chi connectivity index (χ0v) is 9.98. The fourth-order valence-corrected chi connectivity index (χ4v) is 1.93. The van der Waals surface area contributed by atoms with E-state index in [1.165, 1.54) is 24.3 Å². The van der Waals surface area contributed by atoms with Crippen molar-refractivity contribution in [3.63, 3.8) is 0 Å². The van der Waals surface area contributed by atoms with Crippen LogP contribution in [0.4, 0.5) is 10.1 Å². The highest BCUT2D eigenvalue weighted by molar-refractivity contribution is 6.06. The summed E-state index contributed by atoms with van der Waals surface area (Å²) in [6, 6.07) is 13.0. The lowest BCUT2D eigenvalue weighted by atomic mass is 10.1. The van der Waals surface area contributed by atoms with Crippen molar-refractivity contribution in [2.45, 2.75) is 0 Å². The van der Waals surface area contributed by atoms with Crippen molar-refractivity contribution < 1.29 is 9.18 Å². The standard InChI is InChI=1S/C15H11FN2O/c16-12-2-4-13(5-3-12)18-15(19)11-1-6-14-10(9-11)7-8-17-14/h1-9,17H,(H,18,19). The van der Waals surface area contributed by atoms with E-state index in [2.05, 4.69) is 10.3 Å². The van der Waals surface area contributed by atoms with Crippen molar-refractivity contribution in [3.05, 3.63) is 66.1 Å². The second-order valence-corrected chi connectivity index (χ2v) is 4.24. The van der Waals surface area contributed by atoms with E-state index in [4.69, 9.17) is 0 Å². The summed E-state index contributed by atoms with van der Waals surface area (Å²) in [5.41, 5.74) is 2.12. The molecule has 0 atom stereocenters. The number of carbonyl (C=O) groups excluding carboxylic acids is 1. The molecule has 1 aromatic heterocycles. The van der Waals surface area contributed by atoms with Crippen LogP contribution in [0.15, 0.2) is 54.7 Å². The number of rotatable bonds is 2. The summed E-state index contributed by atoms with van der Waals surface area (Å²) in [5, 5.41) is 3.70. The molecule has 0 fully saturated rings. The lowest BCUT2D eigenvalue weighted by Gasteiger charge is -2.05. The SMILES string of the molecule is O=C(Nc1ccc(F)cc1)c1ccc2[nH]ccc2c1. The maximum atomic E-state index is 12.8. The third-order valence-electron chi connectivity index (χ3n) is 2.92. The summed E-state index contributed by atoms with van der Waals surface area (Å²) in [4.78, 5) is 15.1. The van der Waals surface area contributed by atoms with Crippen LogP contribution in [0, 0.1) is 5.82 Å². The van der Waals surface area contributed by atoms with Crippen LogP contribution in [0.3, 0.4) is 0 Å². The highest BCUT2D eigenvalue weighted by Crippen LogP contribution is 2.16. The molecule has 3 rings (SSSR count). The highest BCUT2D eigenvalue weighted by atomic mass is 19.1. The first kappa shape index (κ1) is 11.5. The minimum atomic E-state index is -0.327. The van der Waals surface area contributed by atoms with Crippen molar-refractivity contribution in [3.8, 4) is 0 Å². The van der Waals surface area contributed by atoms with E-state index in [0.29, 0.717) is 11.3 Å². The normalized spacial score (nSPS) is 10.6. The van der Waals surface area contributed by atoms with Gasteiger partial charge in [-0.3, -0.25) is 4.79 Å². The van der Waals surface area contributed by atoms with Gasteiger partial charge in [0, 0.05) is 28.4 Å². The predicted molar refractivity (Wildman–Crippen MR) is 72.7 cm³/mol. The van der Waals surface area contributed by atoms with Gasteiger partial charge in [-0.2, -0.15) is 0 Å². The van der Waals surface area contributed by atoms with Crippen LogP contribution >= 0.6 is 0 Å². The number of H-pyrrole nitrogens is 1. The van der Waals surface area contributed by atoms with Crippen LogP contribution < -0.4 is 5.32 Å². The summed E-state index contributed by atoms with van der Waals surface area (Å²) in [6.45, 7) is 0. The second kappa shape index (κ2) is 4.57. The number of aromatic amines is 1. The number of fused-ring (bicyclic) bond motifs is 1. The molecule has 0 unspecified atom stereocenters. The van der Waals surface area contributed by atoms with Gasteiger partial charge in [0.15, 0.2) is 0 Å². The number of benzene rings is 2. The summed E-state index contributed by atoms with van der Waals surface area (Å²) in [6.07, 6.45) is 1.83. The molecule has 0 saturated carbocycles. The molecule has 3 nitrogen and oxygen atoms in total. The number of hydrogen-bond acceptors (Lipinski definition) is 1. The maximum absolute atomic E-state index is 12.8. The van der Waals surface area contributed by atoms with E-state index >= 15 is 0 Å². The van der Waals surface area contributed by atoms with Crippen LogP contribution in [0.25, 0.3) is 10.9 Å². The number of halogens is 1. The van der Waals surface area contributed by atoms with Gasteiger partial charge < -0.3 is 10.3 Å². The van der Waals surface area contributed by atoms with Crippen molar-refractivity contribution in [2.24, 2.45) is 0 Å². The van der Waals surface area contributed by atoms with Gasteiger partial charge in [0.25, 0.3) is 5.91 Å². The number of hydrogen-bond donors (Lipinski definition) is 2. The zero-order valence-electron chi connectivity index (χ0n) is 9.98. The topological polar surface area (TPSA) is 44.9 Å². The molecule has 3 aromatic rings. The molecule has 2 aromatic carbocycles. The molecule has 0 spiro atoms. The third-order valence-corrected chi connectivity index (χ3v) is 2.92. The fraction of sp³-hybridized carbons (Fsp3) is 0. The molecular formula is C15H11FN2O. The Morgan fingerprint density at radius 2 is 1.84 bits per heavy atom. The largest absolute Gasteiger partial charge is 0.361 e. The molecule has 0 saturated heterocycles. The summed E-state index contributed by atoms with van der Waals surface area (Å²) in [7, 11) is 0. The smallest absolute Gasteiger partial charge is 0.255 e. The molecule has 1 amide bonds. The molecular weight excluding hydrogens is 243 g/mol. The van der Waals surface area contributed by atoms with Gasteiger partial charge in [0.1, 0.15) is 5.82 Å². The quantitative estimate of drug-likeness (QED) is 0.721. The van der Waals surface area contributed by atoms with E-state index in [-0.39, 0.29) is 11.7 Å². The lowest BCUT2D eigenvalue weighted by molar-refractivity contribution is 0.102. The summed E-state index contributed by atoms with van der Waals surface area (Å²) in [5.74, 6) is -0.540. The molecule has 0 aliphatic rings. The van der Waals surface area contributed by atoms with Gasteiger partial charge >= 0.3 is 0 Å². The fourth-order valence-electron chi connectivity index (χ4n) is 1.93. The van der Waals surface area contributed by atoms with Gasteiger partial charge in [-0.25, -0.2) is 4.39 Å². The van der Waals surface area contributed by atoms with Crippen LogP contribution in [-0.2, 0) is 0 Å². The van der Waals surface area contributed by atoms with Gasteiger partial charge in [0.2, 0.25) is 0 Å². The second-order valence-electron chi connectivity index (χ2n) is 4.24. The zero-order chi connectivity index (χ0) is 13.2. The number of carbonyl (C=O) groups is 1. The Kier molecular flexibility index (Phi) is 2.76. The van der Waals surface area contributed by atoms with Crippen LogP contribution in [0.2, 0.25) is 0 Å². The van der Waals surface area contributed by atoms with Crippen LogP contribution in [-0.4, -0.2) is 10.9 Å². The highest BCUT2D eigenvalue weighted by Gasteiger charge is 2.07. The maximum Gasteiger partial charge on any atom is 0.255 e. The molecule has 4 heteroatoms. The van der Waals surface area contributed by atoms with E-state index in [1.807, 2.05) is 24.4 Å². The Bertz CT molecular complexity index is 731. The molecule has 0 bridgehead atoms. The molecule has 94 valence electrons. The number of nitrogens with one attached hydrogen (secondary N) is 2. The average Bonchev–Trinajstić information content (AvgIpc) is 2.88. The van der Waals surface area contributed by atoms with Crippen molar-refractivity contribution >= 4 is 22.5 Å². The van der Waals surface area contributed by atoms with Gasteiger partial charge in [-0.15, -0.1) is 0 Å². The minimum absolute atomic E-state index is 0.213. The lowest BCUT2D eigenvalue weighted by Crippen LogP contribution is -2.11. The van der Waals surface area contributed by atoms with E-state index in [0.717, 1.165) is 10.9 Å². The Morgan fingerprint density at radius 3 is 2.63 bits per heavy atom. The van der Waals surface area contributed by atoms with Gasteiger partial charge in [-0.1, -0.05) is 0 Å². The number of anilines is 1. The minimum Gasteiger partial charge on any atom is -0.361 e.